The minimum atomic E-state index is -3.40. The molecule has 0 N–H and O–H groups in total. The van der Waals surface area contributed by atoms with Crippen molar-refractivity contribution in [2.75, 3.05) is 31.1 Å². The van der Waals surface area contributed by atoms with Crippen LogP contribution in [-0.2, 0) is 10.0 Å². The van der Waals surface area contributed by atoms with Gasteiger partial charge in [-0.3, -0.25) is 0 Å². The maximum Gasteiger partial charge on any atom is 0.252 e. The number of piperazine rings is 1. The molecule has 0 bridgehead atoms. The van der Waals surface area contributed by atoms with E-state index in [2.05, 4.69) is 31.0 Å². The van der Waals surface area contributed by atoms with Crippen molar-refractivity contribution < 1.29 is 8.42 Å². The molecular formula is C15H17BrN4O2S2. The van der Waals surface area contributed by atoms with Crippen molar-refractivity contribution in [3.63, 3.8) is 0 Å². The van der Waals surface area contributed by atoms with E-state index in [1.165, 1.54) is 24.2 Å². The Bertz CT molecular complexity index is 825. The standard InChI is InChI=1S/C15H17BrN4O2S2/c16-13-4-6-15(23-13)24(21,22)20-9-7-19(8-10-20)14-5-3-12(17-18-14)11-1-2-11/h3-6,11H,1-2,7-10H2. The molecule has 2 aromatic heterocycles. The van der Waals surface area contributed by atoms with Crippen LogP contribution >= 0.6 is 27.3 Å². The fourth-order valence-electron chi connectivity index (χ4n) is 2.82. The van der Waals surface area contributed by atoms with Crippen LogP contribution in [0.25, 0.3) is 0 Å². The monoisotopic (exact) mass is 428 g/mol. The van der Waals surface area contributed by atoms with E-state index >= 15 is 0 Å². The molecule has 0 aromatic carbocycles. The van der Waals surface area contributed by atoms with E-state index in [0.29, 0.717) is 36.3 Å². The van der Waals surface area contributed by atoms with E-state index in [1.807, 2.05) is 12.1 Å². The normalized spacial score (nSPS) is 19.6. The number of anilines is 1. The zero-order chi connectivity index (χ0) is 16.7. The number of aromatic nitrogens is 2. The molecule has 9 heteroatoms. The van der Waals surface area contributed by atoms with Gasteiger partial charge >= 0.3 is 0 Å². The highest BCUT2D eigenvalue weighted by molar-refractivity contribution is 9.11. The Hall–Kier alpha value is -1.03. The van der Waals surface area contributed by atoms with Crippen molar-refractivity contribution in [1.82, 2.24) is 14.5 Å². The summed E-state index contributed by atoms with van der Waals surface area (Å²) in [5.74, 6) is 1.42. The number of halogens is 1. The Labute approximate surface area is 153 Å². The Morgan fingerprint density at radius 1 is 1.04 bits per heavy atom. The van der Waals surface area contributed by atoms with Crippen LogP contribution in [0.4, 0.5) is 5.82 Å². The number of hydrogen-bond acceptors (Lipinski definition) is 6. The molecule has 1 aliphatic heterocycles. The van der Waals surface area contributed by atoms with Gasteiger partial charge < -0.3 is 4.90 Å². The zero-order valence-electron chi connectivity index (χ0n) is 12.9. The van der Waals surface area contributed by atoms with E-state index in [4.69, 9.17) is 0 Å². The van der Waals surface area contributed by atoms with Crippen molar-refractivity contribution in [3.8, 4) is 0 Å². The van der Waals surface area contributed by atoms with Crippen LogP contribution < -0.4 is 4.90 Å². The van der Waals surface area contributed by atoms with Gasteiger partial charge in [-0.15, -0.1) is 16.4 Å². The summed E-state index contributed by atoms with van der Waals surface area (Å²) in [7, 11) is -3.40. The van der Waals surface area contributed by atoms with E-state index < -0.39 is 10.0 Å². The first-order chi connectivity index (χ1) is 11.5. The minimum absolute atomic E-state index is 0.386. The van der Waals surface area contributed by atoms with Gasteiger partial charge in [-0.25, -0.2) is 8.42 Å². The molecule has 0 radical (unpaired) electrons. The first-order valence-electron chi connectivity index (χ1n) is 7.88. The lowest BCUT2D eigenvalue weighted by molar-refractivity contribution is 0.384. The average molecular weight is 429 g/mol. The van der Waals surface area contributed by atoms with Gasteiger partial charge in [-0.2, -0.15) is 9.40 Å². The molecule has 2 aliphatic rings. The Morgan fingerprint density at radius 3 is 2.33 bits per heavy atom. The second kappa shape index (κ2) is 6.36. The molecule has 2 aromatic rings. The zero-order valence-corrected chi connectivity index (χ0v) is 16.1. The van der Waals surface area contributed by atoms with Crippen LogP contribution in [0.5, 0.6) is 0 Å². The van der Waals surface area contributed by atoms with Gasteiger partial charge in [0, 0.05) is 32.1 Å². The maximum atomic E-state index is 12.6. The fraction of sp³-hybridized carbons (Fsp3) is 0.467. The topological polar surface area (TPSA) is 66.4 Å². The first-order valence-corrected chi connectivity index (χ1v) is 10.9. The SMILES string of the molecule is O=S(=O)(c1ccc(Br)s1)N1CCN(c2ccc(C3CC3)nn2)CC1. The Morgan fingerprint density at radius 2 is 1.79 bits per heavy atom. The van der Waals surface area contributed by atoms with Crippen LogP contribution in [0.2, 0.25) is 0 Å². The van der Waals surface area contributed by atoms with Crippen LogP contribution in [0, 0.1) is 0 Å². The molecule has 0 spiro atoms. The third-order valence-corrected chi connectivity index (χ3v) is 8.36. The summed E-state index contributed by atoms with van der Waals surface area (Å²) in [6.45, 7) is 2.18. The largest absolute Gasteiger partial charge is 0.352 e. The highest BCUT2D eigenvalue weighted by atomic mass is 79.9. The van der Waals surface area contributed by atoms with E-state index in [0.717, 1.165) is 15.3 Å². The fourth-order valence-corrected chi connectivity index (χ4v) is 6.41. The summed E-state index contributed by atoms with van der Waals surface area (Å²) < 4.78 is 28.0. The second-order valence-corrected chi connectivity index (χ2v) is 10.7. The van der Waals surface area contributed by atoms with Gasteiger partial charge in [0.25, 0.3) is 10.0 Å². The second-order valence-electron chi connectivity index (χ2n) is 6.04. The number of rotatable bonds is 4. The Kier molecular flexibility index (Phi) is 4.36. The van der Waals surface area contributed by atoms with Gasteiger partial charge in [0.2, 0.25) is 0 Å². The molecule has 24 heavy (non-hydrogen) atoms. The predicted octanol–water partition coefficient (Wildman–Crippen LogP) is 2.69. The predicted molar refractivity (Wildman–Crippen MR) is 97.0 cm³/mol. The third kappa shape index (κ3) is 3.22. The number of nitrogens with zero attached hydrogens (tertiary/aromatic N) is 4. The van der Waals surface area contributed by atoms with Crippen LogP contribution in [0.3, 0.4) is 0 Å². The molecule has 0 amide bonds. The summed E-state index contributed by atoms with van der Waals surface area (Å²) in [5, 5.41) is 8.62. The van der Waals surface area contributed by atoms with Gasteiger partial charge in [0.1, 0.15) is 4.21 Å². The molecule has 1 aliphatic carbocycles. The van der Waals surface area contributed by atoms with Gasteiger partial charge in [0.15, 0.2) is 5.82 Å². The van der Waals surface area contributed by atoms with E-state index in [-0.39, 0.29) is 0 Å². The minimum Gasteiger partial charge on any atom is -0.352 e. The number of sulfonamides is 1. The molecule has 4 rings (SSSR count). The third-order valence-electron chi connectivity index (χ3n) is 4.37. The molecule has 6 nitrogen and oxygen atoms in total. The summed E-state index contributed by atoms with van der Waals surface area (Å²) in [5.41, 5.74) is 1.07. The number of hydrogen-bond donors (Lipinski definition) is 0. The lowest BCUT2D eigenvalue weighted by Gasteiger charge is -2.34. The van der Waals surface area contributed by atoms with E-state index in [9.17, 15) is 8.42 Å². The molecule has 1 saturated carbocycles. The lowest BCUT2D eigenvalue weighted by Crippen LogP contribution is -2.48. The number of thiophene rings is 1. The van der Waals surface area contributed by atoms with E-state index in [1.54, 1.807) is 16.4 Å². The summed E-state index contributed by atoms with van der Waals surface area (Å²) in [6, 6.07) is 7.47. The van der Waals surface area contributed by atoms with Crippen molar-refractivity contribution in [1.29, 1.82) is 0 Å². The van der Waals surface area contributed by atoms with Gasteiger partial charge in [0.05, 0.1) is 9.48 Å². The molecule has 3 heterocycles. The van der Waals surface area contributed by atoms with Crippen molar-refractivity contribution in [3.05, 3.63) is 33.7 Å². The van der Waals surface area contributed by atoms with Crippen LogP contribution in [0.15, 0.2) is 32.3 Å². The highest BCUT2D eigenvalue weighted by Gasteiger charge is 2.30. The molecular weight excluding hydrogens is 412 g/mol. The molecule has 2 fully saturated rings. The van der Waals surface area contributed by atoms with Gasteiger partial charge in [-0.05, 0) is 53.0 Å². The van der Waals surface area contributed by atoms with Gasteiger partial charge in [-0.1, -0.05) is 0 Å². The van der Waals surface area contributed by atoms with Crippen molar-refractivity contribution in [2.45, 2.75) is 23.0 Å². The summed E-state index contributed by atoms with van der Waals surface area (Å²) >= 11 is 4.57. The van der Waals surface area contributed by atoms with Crippen LogP contribution in [-0.4, -0.2) is 49.1 Å². The molecule has 0 atom stereocenters. The maximum absolute atomic E-state index is 12.6. The quantitative estimate of drug-likeness (QED) is 0.748. The summed E-state index contributed by atoms with van der Waals surface area (Å²) in [4.78, 5) is 2.10. The molecule has 0 unspecified atom stereocenters. The Balaban J connectivity index is 1.42. The lowest BCUT2D eigenvalue weighted by atomic mass is 10.2. The first kappa shape index (κ1) is 16.4. The smallest absolute Gasteiger partial charge is 0.252 e. The average Bonchev–Trinajstić information content (AvgIpc) is 3.36. The molecule has 1 saturated heterocycles. The molecule has 128 valence electrons. The van der Waals surface area contributed by atoms with Crippen molar-refractivity contribution >= 4 is 43.1 Å². The summed E-state index contributed by atoms with van der Waals surface area (Å²) in [6.07, 6.45) is 2.42. The van der Waals surface area contributed by atoms with Crippen molar-refractivity contribution in [2.24, 2.45) is 0 Å². The van der Waals surface area contributed by atoms with Crippen LogP contribution in [0.1, 0.15) is 24.5 Å². The highest BCUT2D eigenvalue weighted by Crippen LogP contribution is 2.38.